The molecule has 9 heteroatoms. The number of carbonyl (C=O) groups excluding carboxylic acids is 2. The highest BCUT2D eigenvalue weighted by molar-refractivity contribution is 7.89. The van der Waals surface area contributed by atoms with Gasteiger partial charge in [-0.05, 0) is 51.0 Å². The monoisotopic (exact) mass is 423 g/mol. The number of rotatable bonds is 6. The zero-order valence-electron chi connectivity index (χ0n) is 17.1. The Morgan fingerprint density at radius 3 is 2.31 bits per heavy atom. The maximum atomic E-state index is 12.8. The first-order chi connectivity index (χ1) is 13.7. The number of sulfonamides is 1. The van der Waals surface area contributed by atoms with E-state index in [4.69, 9.17) is 4.74 Å². The molecule has 1 N–H and O–H groups in total. The lowest BCUT2D eigenvalue weighted by Gasteiger charge is -2.33. The van der Waals surface area contributed by atoms with Crippen LogP contribution in [-0.4, -0.2) is 68.9 Å². The van der Waals surface area contributed by atoms with Gasteiger partial charge >= 0.3 is 0 Å². The number of hydrogen-bond donors (Lipinski definition) is 1. The summed E-state index contributed by atoms with van der Waals surface area (Å²) in [5.74, 6) is 0.327. The minimum absolute atomic E-state index is 0.00189. The van der Waals surface area contributed by atoms with E-state index in [9.17, 15) is 18.0 Å². The molecule has 0 spiro atoms. The molecule has 2 aliphatic rings. The lowest BCUT2D eigenvalue weighted by Crippen LogP contribution is -2.48. The molecule has 2 heterocycles. The van der Waals surface area contributed by atoms with Gasteiger partial charge in [-0.1, -0.05) is 0 Å². The van der Waals surface area contributed by atoms with Gasteiger partial charge in [-0.2, -0.15) is 0 Å². The normalized spacial score (nSPS) is 21.1. The summed E-state index contributed by atoms with van der Waals surface area (Å²) < 4.78 is 33.0. The van der Waals surface area contributed by atoms with Crippen molar-refractivity contribution in [3.8, 4) is 5.75 Å². The van der Waals surface area contributed by atoms with E-state index in [1.165, 1.54) is 19.2 Å². The molecule has 2 saturated heterocycles. The summed E-state index contributed by atoms with van der Waals surface area (Å²) in [6.07, 6.45) is 1.37. The van der Waals surface area contributed by atoms with Crippen LogP contribution in [-0.2, 0) is 19.6 Å². The molecule has 1 aromatic rings. The highest BCUT2D eigenvalue weighted by Crippen LogP contribution is 2.24. The largest absolute Gasteiger partial charge is 0.497 e. The van der Waals surface area contributed by atoms with Crippen LogP contribution in [0.15, 0.2) is 29.2 Å². The first-order valence-corrected chi connectivity index (χ1v) is 11.4. The smallest absolute Gasteiger partial charge is 0.240 e. The van der Waals surface area contributed by atoms with Crippen LogP contribution in [0.5, 0.6) is 5.75 Å². The van der Waals surface area contributed by atoms with E-state index in [1.807, 2.05) is 13.8 Å². The molecule has 2 amide bonds. The third-order valence-electron chi connectivity index (χ3n) is 5.63. The topological polar surface area (TPSA) is 96.0 Å². The summed E-state index contributed by atoms with van der Waals surface area (Å²) in [4.78, 5) is 28.6. The van der Waals surface area contributed by atoms with E-state index in [2.05, 4.69) is 4.72 Å². The summed E-state index contributed by atoms with van der Waals surface area (Å²) in [6.45, 7) is 5.34. The van der Waals surface area contributed by atoms with E-state index in [-0.39, 0.29) is 41.1 Å². The molecular formula is C20H29N3O5S. The fourth-order valence-electron chi connectivity index (χ4n) is 3.91. The number of nitrogens with zero attached hydrogens (tertiary/aromatic N) is 2. The second kappa shape index (κ2) is 8.71. The van der Waals surface area contributed by atoms with Crippen LogP contribution >= 0.6 is 0 Å². The van der Waals surface area contributed by atoms with E-state index < -0.39 is 10.0 Å². The predicted molar refractivity (Wildman–Crippen MR) is 108 cm³/mol. The van der Waals surface area contributed by atoms with Gasteiger partial charge in [0.1, 0.15) is 5.75 Å². The van der Waals surface area contributed by atoms with Crippen LogP contribution < -0.4 is 9.46 Å². The van der Waals surface area contributed by atoms with Crippen LogP contribution in [0.1, 0.15) is 33.1 Å². The fraction of sp³-hybridized carbons (Fsp3) is 0.600. The zero-order chi connectivity index (χ0) is 21.2. The summed E-state index contributed by atoms with van der Waals surface area (Å²) in [5.41, 5.74) is 0. The Hall–Kier alpha value is -2.13. The fourth-order valence-corrected chi connectivity index (χ4v) is 5.22. The lowest BCUT2D eigenvalue weighted by molar-refractivity contribution is -0.136. The van der Waals surface area contributed by atoms with Gasteiger partial charge in [0, 0.05) is 38.1 Å². The van der Waals surface area contributed by atoms with Gasteiger partial charge in [-0.3, -0.25) is 9.59 Å². The predicted octanol–water partition coefficient (Wildman–Crippen LogP) is 1.22. The van der Waals surface area contributed by atoms with Crippen LogP contribution in [0.4, 0.5) is 0 Å². The number of amides is 2. The number of nitrogens with one attached hydrogen (secondary N) is 1. The molecule has 2 fully saturated rings. The summed E-state index contributed by atoms with van der Waals surface area (Å²) in [5, 5.41) is 0. The number of ether oxygens (including phenoxy) is 1. The van der Waals surface area contributed by atoms with Gasteiger partial charge in [0.25, 0.3) is 0 Å². The Morgan fingerprint density at radius 2 is 1.79 bits per heavy atom. The van der Waals surface area contributed by atoms with Gasteiger partial charge in [0.05, 0.1) is 17.9 Å². The van der Waals surface area contributed by atoms with Crippen molar-refractivity contribution < 1.29 is 22.7 Å². The lowest BCUT2D eigenvalue weighted by atomic mass is 10.0. The number of methoxy groups -OCH3 is 1. The van der Waals surface area contributed by atoms with E-state index in [1.54, 1.807) is 21.9 Å². The molecule has 0 aliphatic carbocycles. The molecule has 8 nitrogen and oxygen atoms in total. The average Bonchev–Trinajstić information content (AvgIpc) is 3.10. The molecule has 0 bridgehead atoms. The Balaban J connectivity index is 1.53. The van der Waals surface area contributed by atoms with E-state index in [0.717, 1.165) is 0 Å². The number of likely N-dealkylation sites (tertiary alicyclic amines) is 2. The maximum absolute atomic E-state index is 12.8. The zero-order valence-corrected chi connectivity index (χ0v) is 17.9. The second-order valence-corrected chi connectivity index (χ2v) is 9.65. The van der Waals surface area contributed by atoms with Crippen molar-refractivity contribution in [1.29, 1.82) is 0 Å². The summed E-state index contributed by atoms with van der Waals surface area (Å²) >= 11 is 0. The van der Waals surface area contributed by atoms with Crippen molar-refractivity contribution in [3.05, 3.63) is 24.3 Å². The summed E-state index contributed by atoms with van der Waals surface area (Å²) in [6, 6.07) is 6.12. The number of benzene rings is 1. The first-order valence-electron chi connectivity index (χ1n) is 9.96. The Labute approximate surface area is 172 Å². The van der Waals surface area contributed by atoms with Gasteiger partial charge in [-0.25, -0.2) is 13.1 Å². The maximum Gasteiger partial charge on any atom is 0.240 e. The third kappa shape index (κ3) is 4.90. The Kier molecular flexibility index (Phi) is 6.48. The Morgan fingerprint density at radius 1 is 1.17 bits per heavy atom. The molecule has 160 valence electrons. The van der Waals surface area contributed by atoms with Crippen LogP contribution in [0.25, 0.3) is 0 Å². The minimum Gasteiger partial charge on any atom is -0.497 e. The van der Waals surface area contributed by atoms with Crippen molar-refractivity contribution in [3.63, 3.8) is 0 Å². The first kappa shape index (κ1) is 21.6. The highest BCUT2D eigenvalue weighted by atomic mass is 32.2. The molecular weight excluding hydrogens is 394 g/mol. The third-order valence-corrected chi connectivity index (χ3v) is 7.17. The molecule has 0 saturated carbocycles. The van der Waals surface area contributed by atoms with Gasteiger partial charge < -0.3 is 14.5 Å². The van der Waals surface area contributed by atoms with Crippen LogP contribution in [0.2, 0.25) is 0 Å². The van der Waals surface area contributed by atoms with E-state index >= 15 is 0 Å². The van der Waals surface area contributed by atoms with Crippen molar-refractivity contribution in [2.75, 3.05) is 26.7 Å². The molecule has 2 aliphatic heterocycles. The van der Waals surface area contributed by atoms with Crippen molar-refractivity contribution in [2.24, 2.45) is 5.92 Å². The molecule has 29 heavy (non-hydrogen) atoms. The molecule has 0 radical (unpaired) electrons. The van der Waals surface area contributed by atoms with Gasteiger partial charge in [0.15, 0.2) is 0 Å². The highest BCUT2D eigenvalue weighted by Gasteiger charge is 2.38. The molecule has 1 unspecified atom stereocenters. The van der Waals surface area contributed by atoms with Crippen molar-refractivity contribution in [2.45, 2.75) is 50.1 Å². The molecule has 1 atom stereocenters. The van der Waals surface area contributed by atoms with Crippen LogP contribution in [0, 0.1) is 5.92 Å². The van der Waals surface area contributed by atoms with Gasteiger partial charge in [-0.15, -0.1) is 0 Å². The average molecular weight is 424 g/mol. The summed E-state index contributed by atoms with van der Waals surface area (Å²) in [7, 11) is -2.10. The second-order valence-electron chi connectivity index (χ2n) is 7.94. The van der Waals surface area contributed by atoms with Crippen molar-refractivity contribution >= 4 is 21.8 Å². The molecule has 0 aromatic heterocycles. The standard InChI is InChI=1S/C20H29N3O5S/c1-14(2)23-13-15(12-19(23)24)20(25)22-10-8-16(9-11-22)21-29(26,27)18-6-4-17(28-3)5-7-18/h4-7,14-16,21H,8-13H2,1-3H3. The minimum atomic E-state index is -3.62. The van der Waals surface area contributed by atoms with Gasteiger partial charge in [0.2, 0.25) is 21.8 Å². The van der Waals surface area contributed by atoms with E-state index in [0.29, 0.717) is 38.2 Å². The molecule has 1 aromatic carbocycles. The number of carbonyl (C=O) groups is 2. The number of hydrogen-bond acceptors (Lipinski definition) is 5. The van der Waals surface area contributed by atoms with Crippen molar-refractivity contribution in [1.82, 2.24) is 14.5 Å². The Bertz CT molecular complexity index is 845. The molecule has 3 rings (SSSR count). The number of piperidine rings is 1. The quantitative estimate of drug-likeness (QED) is 0.742. The van der Waals surface area contributed by atoms with Crippen LogP contribution in [0.3, 0.4) is 0 Å². The SMILES string of the molecule is COc1ccc(S(=O)(=O)NC2CCN(C(=O)C3CC(=O)N(C(C)C)C3)CC2)cc1.